The first kappa shape index (κ1) is 15.6. The number of carbonyl (C=O) groups is 1. The van der Waals surface area contributed by atoms with Crippen LogP contribution in [0.3, 0.4) is 0 Å². The largest absolute Gasteiger partial charge is 0.494 e. The third-order valence-electron chi connectivity index (χ3n) is 3.79. The summed E-state index contributed by atoms with van der Waals surface area (Å²) >= 11 is 0. The number of carbonyl (C=O) groups excluding carboxylic acids is 1. The summed E-state index contributed by atoms with van der Waals surface area (Å²) < 4.78 is 0. The highest BCUT2D eigenvalue weighted by molar-refractivity contribution is 5.94. The van der Waals surface area contributed by atoms with E-state index in [0.717, 1.165) is 0 Å². The molecule has 0 atom stereocenters. The van der Waals surface area contributed by atoms with Gasteiger partial charge in [0.15, 0.2) is 5.88 Å². The maximum absolute atomic E-state index is 11.9. The van der Waals surface area contributed by atoms with Crippen LogP contribution in [-0.2, 0) is 0 Å². The van der Waals surface area contributed by atoms with Crippen molar-refractivity contribution in [1.82, 2.24) is 15.6 Å². The lowest BCUT2D eigenvalue weighted by Gasteiger charge is -2.16. The van der Waals surface area contributed by atoms with E-state index >= 15 is 0 Å². The molecule has 1 aromatic rings. The monoisotopic (exact) mass is 293 g/mol. The molecule has 1 saturated carbocycles. The molecular formula is C15H23N3O3. The SMILES string of the molecule is O=C(NCCNC1CCCCCC1)c1cc(O)[nH]c(=O)c1. The minimum absolute atomic E-state index is 0.172. The predicted molar refractivity (Wildman–Crippen MR) is 80.6 cm³/mol. The van der Waals surface area contributed by atoms with Gasteiger partial charge in [-0.15, -0.1) is 0 Å². The molecule has 0 unspecified atom stereocenters. The summed E-state index contributed by atoms with van der Waals surface area (Å²) in [6, 6.07) is 2.97. The highest BCUT2D eigenvalue weighted by atomic mass is 16.3. The van der Waals surface area contributed by atoms with Gasteiger partial charge in [-0.3, -0.25) is 14.6 Å². The zero-order chi connectivity index (χ0) is 15.1. The van der Waals surface area contributed by atoms with E-state index in [2.05, 4.69) is 15.6 Å². The summed E-state index contributed by atoms with van der Waals surface area (Å²) in [7, 11) is 0. The minimum Gasteiger partial charge on any atom is -0.494 e. The lowest BCUT2D eigenvalue weighted by Crippen LogP contribution is -2.37. The average molecular weight is 293 g/mol. The fourth-order valence-corrected chi connectivity index (χ4v) is 2.70. The summed E-state index contributed by atoms with van der Waals surface area (Å²) in [5.41, 5.74) is -0.317. The van der Waals surface area contributed by atoms with Crippen LogP contribution in [0.2, 0.25) is 0 Å². The Balaban J connectivity index is 1.72. The van der Waals surface area contributed by atoms with Gasteiger partial charge in [-0.05, 0) is 12.8 Å². The van der Waals surface area contributed by atoms with Crippen LogP contribution in [0.4, 0.5) is 0 Å². The van der Waals surface area contributed by atoms with E-state index in [1.54, 1.807) is 0 Å². The molecule has 0 spiro atoms. The number of amides is 1. The fraction of sp³-hybridized carbons (Fsp3) is 0.600. The summed E-state index contributed by atoms with van der Waals surface area (Å²) in [6.45, 7) is 1.22. The van der Waals surface area contributed by atoms with Gasteiger partial charge in [-0.25, -0.2) is 0 Å². The van der Waals surface area contributed by atoms with E-state index in [1.807, 2.05) is 0 Å². The lowest BCUT2D eigenvalue weighted by molar-refractivity contribution is 0.0952. The van der Waals surface area contributed by atoms with Crippen LogP contribution in [0.25, 0.3) is 0 Å². The Labute approximate surface area is 124 Å². The van der Waals surface area contributed by atoms with Crippen LogP contribution < -0.4 is 16.2 Å². The topological polar surface area (TPSA) is 94.2 Å². The van der Waals surface area contributed by atoms with E-state index in [-0.39, 0.29) is 17.4 Å². The number of hydrogen-bond donors (Lipinski definition) is 4. The fourth-order valence-electron chi connectivity index (χ4n) is 2.70. The Morgan fingerprint density at radius 2 is 1.90 bits per heavy atom. The average Bonchev–Trinajstić information content (AvgIpc) is 2.71. The van der Waals surface area contributed by atoms with E-state index < -0.39 is 5.56 Å². The third-order valence-corrected chi connectivity index (χ3v) is 3.79. The van der Waals surface area contributed by atoms with Gasteiger partial charge in [-0.1, -0.05) is 25.7 Å². The number of rotatable bonds is 5. The van der Waals surface area contributed by atoms with Crippen molar-refractivity contribution < 1.29 is 9.90 Å². The van der Waals surface area contributed by atoms with E-state index in [0.29, 0.717) is 19.1 Å². The van der Waals surface area contributed by atoms with Crippen molar-refractivity contribution in [2.24, 2.45) is 0 Å². The molecule has 0 saturated heterocycles. The van der Waals surface area contributed by atoms with Gasteiger partial charge in [0, 0.05) is 31.3 Å². The second-order valence-electron chi connectivity index (χ2n) is 5.52. The second-order valence-corrected chi connectivity index (χ2v) is 5.52. The Morgan fingerprint density at radius 1 is 1.19 bits per heavy atom. The normalized spacial score (nSPS) is 16.4. The van der Waals surface area contributed by atoms with E-state index in [9.17, 15) is 14.7 Å². The predicted octanol–water partition coefficient (Wildman–Crippen LogP) is 1.12. The highest BCUT2D eigenvalue weighted by Gasteiger charge is 2.11. The Bertz CT molecular complexity index is 519. The van der Waals surface area contributed by atoms with Gasteiger partial charge >= 0.3 is 0 Å². The molecule has 21 heavy (non-hydrogen) atoms. The first-order chi connectivity index (χ1) is 10.1. The van der Waals surface area contributed by atoms with Crippen molar-refractivity contribution in [3.8, 4) is 5.88 Å². The molecule has 2 rings (SSSR count). The molecule has 1 fully saturated rings. The van der Waals surface area contributed by atoms with Gasteiger partial charge in [-0.2, -0.15) is 0 Å². The molecule has 0 radical (unpaired) electrons. The third kappa shape index (κ3) is 5.23. The molecule has 1 aromatic heterocycles. The van der Waals surface area contributed by atoms with Crippen molar-refractivity contribution >= 4 is 5.91 Å². The van der Waals surface area contributed by atoms with Crippen LogP contribution >= 0.6 is 0 Å². The molecule has 1 aliphatic rings. The Hall–Kier alpha value is -1.82. The van der Waals surface area contributed by atoms with Crippen LogP contribution in [0.1, 0.15) is 48.9 Å². The number of hydrogen-bond acceptors (Lipinski definition) is 4. The molecule has 0 aliphatic heterocycles. The van der Waals surface area contributed by atoms with Crippen LogP contribution in [0, 0.1) is 0 Å². The van der Waals surface area contributed by atoms with Gasteiger partial charge in [0.05, 0.1) is 5.56 Å². The maximum Gasteiger partial charge on any atom is 0.251 e. The molecule has 1 heterocycles. The van der Waals surface area contributed by atoms with Crippen molar-refractivity contribution in [2.75, 3.05) is 13.1 Å². The molecule has 0 bridgehead atoms. The molecular weight excluding hydrogens is 270 g/mol. The van der Waals surface area contributed by atoms with Gasteiger partial charge in [0.1, 0.15) is 0 Å². The van der Waals surface area contributed by atoms with Gasteiger partial charge < -0.3 is 15.7 Å². The molecule has 0 aromatic carbocycles. The summed E-state index contributed by atoms with van der Waals surface area (Å²) in [6.07, 6.45) is 7.60. The summed E-state index contributed by atoms with van der Waals surface area (Å²) in [4.78, 5) is 25.2. The van der Waals surface area contributed by atoms with Gasteiger partial charge in [0.2, 0.25) is 0 Å². The lowest BCUT2D eigenvalue weighted by atomic mass is 10.1. The number of aromatic amines is 1. The number of pyridine rings is 1. The maximum atomic E-state index is 11.9. The first-order valence-electron chi connectivity index (χ1n) is 7.60. The number of aromatic hydroxyl groups is 1. The van der Waals surface area contributed by atoms with Crippen LogP contribution in [0.5, 0.6) is 5.88 Å². The quantitative estimate of drug-likeness (QED) is 0.483. The van der Waals surface area contributed by atoms with E-state index in [4.69, 9.17) is 0 Å². The summed E-state index contributed by atoms with van der Waals surface area (Å²) in [5.74, 6) is -0.650. The molecule has 4 N–H and O–H groups in total. The van der Waals surface area contributed by atoms with Crippen molar-refractivity contribution in [1.29, 1.82) is 0 Å². The first-order valence-corrected chi connectivity index (χ1v) is 7.60. The van der Waals surface area contributed by atoms with Crippen molar-refractivity contribution in [3.63, 3.8) is 0 Å². The summed E-state index contributed by atoms with van der Waals surface area (Å²) in [5, 5.41) is 15.5. The van der Waals surface area contributed by atoms with E-state index in [1.165, 1.54) is 50.7 Å². The Morgan fingerprint density at radius 3 is 2.57 bits per heavy atom. The smallest absolute Gasteiger partial charge is 0.251 e. The number of H-pyrrole nitrogens is 1. The minimum atomic E-state index is -0.489. The molecule has 6 nitrogen and oxygen atoms in total. The number of nitrogens with one attached hydrogen (secondary N) is 3. The molecule has 1 aliphatic carbocycles. The van der Waals surface area contributed by atoms with Crippen molar-refractivity contribution in [3.05, 3.63) is 28.0 Å². The standard InChI is InChI=1S/C15H23N3O3/c19-13-9-11(10-14(20)18-13)15(21)17-8-7-16-12-5-3-1-2-4-6-12/h9-10,12,16H,1-8H2,(H,17,21)(H2,18,19,20). The highest BCUT2D eigenvalue weighted by Crippen LogP contribution is 2.16. The Kier molecular flexibility index (Phi) is 5.80. The second kappa shape index (κ2) is 7.83. The van der Waals surface area contributed by atoms with Crippen LogP contribution in [0.15, 0.2) is 16.9 Å². The van der Waals surface area contributed by atoms with Crippen LogP contribution in [-0.4, -0.2) is 35.1 Å². The molecule has 1 amide bonds. The zero-order valence-corrected chi connectivity index (χ0v) is 12.2. The molecule has 116 valence electrons. The van der Waals surface area contributed by atoms with Gasteiger partial charge in [0.25, 0.3) is 11.5 Å². The van der Waals surface area contributed by atoms with Crippen molar-refractivity contribution in [2.45, 2.75) is 44.6 Å². The zero-order valence-electron chi connectivity index (χ0n) is 12.2. The molecule has 6 heteroatoms. The number of aromatic nitrogens is 1.